The van der Waals surface area contributed by atoms with E-state index in [0.717, 1.165) is 10.9 Å². The van der Waals surface area contributed by atoms with Crippen LogP contribution >= 0.6 is 15.9 Å². The van der Waals surface area contributed by atoms with Gasteiger partial charge in [-0.15, -0.1) is 0 Å². The molecule has 1 aliphatic heterocycles. The molecule has 2 bridgehead atoms. The van der Waals surface area contributed by atoms with Gasteiger partial charge in [0, 0.05) is 10.5 Å². The van der Waals surface area contributed by atoms with Crippen molar-refractivity contribution in [3.05, 3.63) is 34.8 Å². The number of imide groups is 1. The van der Waals surface area contributed by atoms with E-state index in [2.05, 4.69) is 28.1 Å². The molecule has 4 atom stereocenters. The third-order valence-corrected chi connectivity index (χ3v) is 5.54. The van der Waals surface area contributed by atoms with E-state index in [9.17, 15) is 9.59 Å². The van der Waals surface area contributed by atoms with Gasteiger partial charge < -0.3 is 4.74 Å². The Morgan fingerprint density at radius 2 is 1.76 bits per heavy atom. The Hall–Kier alpha value is -1.62. The van der Waals surface area contributed by atoms with Crippen molar-refractivity contribution in [3.63, 3.8) is 0 Å². The molecule has 1 aromatic carbocycles. The molecule has 1 heterocycles. The number of hydrogen-bond acceptors (Lipinski definition) is 3. The number of amides is 2. The highest BCUT2D eigenvalue weighted by Crippen LogP contribution is 2.53. The maximum absolute atomic E-state index is 12.7. The summed E-state index contributed by atoms with van der Waals surface area (Å²) in [6, 6.07) is 5.33. The lowest BCUT2D eigenvalue weighted by Crippen LogP contribution is -2.33. The fourth-order valence-corrected chi connectivity index (χ4v) is 4.35. The van der Waals surface area contributed by atoms with Crippen molar-refractivity contribution in [3.8, 4) is 5.75 Å². The van der Waals surface area contributed by atoms with E-state index in [-0.39, 0.29) is 35.5 Å². The van der Waals surface area contributed by atoms with Crippen LogP contribution in [0.1, 0.15) is 6.42 Å². The molecule has 4 rings (SSSR count). The number of hydrogen-bond donors (Lipinski definition) is 0. The van der Waals surface area contributed by atoms with Crippen molar-refractivity contribution in [2.45, 2.75) is 6.42 Å². The highest BCUT2D eigenvalue weighted by molar-refractivity contribution is 9.10. The molecule has 4 nitrogen and oxygen atoms in total. The highest BCUT2D eigenvalue weighted by Gasteiger charge is 2.59. The second kappa shape index (κ2) is 4.44. The Labute approximate surface area is 130 Å². The maximum atomic E-state index is 12.7. The fraction of sp³-hybridized carbons (Fsp3) is 0.375. The molecule has 21 heavy (non-hydrogen) atoms. The number of rotatable bonds is 2. The minimum absolute atomic E-state index is 0.0733. The van der Waals surface area contributed by atoms with E-state index in [0.29, 0.717) is 11.4 Å². The van der Waals surface area contributed by atoms with Gasteiger partial charge in [-0.1, -0.05) is 12.2 Å². The van der Waals surface area contributed by atoms with Gasteiger partial charge in [-0.2, -0.15) is 0 Å². The Balaban J connectivity index is 1.78. The van der Waals surface area contributed by atoms with E-state index >= 15 is 0 Å². The third-order valence-electron chi connectivity index (χ3n) is 4.86. The highest BCUT2D eigenvalue weighted by atomic mass is 79.9. The lowest BCUT2D eigenvalue weighted by Gasteiger charge is -2.19. The number of ether oxygens (including phenoxy) is 1. The number of carbonyl (C=O) groups excluding carboxylic acids is 2. The molecule has 1 saturated heterocycles. The molecular weight excluding hydrogens is 334 g/mol. The molecule has 0 spiro atoms. The number of allylic oxidation sites excluding steroid dienone is 2. The van der Waals surface area contributed by atoms with Crippen molar-refractivity contribution in [1.29, 1.82) is 0 Å². The maximum Gasteiger partial charge on any atom is 0.238 e. The summed E-state index contributed by atoms with van der Waals surface area (Å²) in [6.07, 6.45) is 5.14. The number of fused-ring (bicyclic) bond motifs is 5. The van der Waals surface area contributed by atoms with E-state index < -0.39 is 0 Å². The number of halogens is 1. The van der Waals surface area contributed by atoms with E-state index in [1.165, 1.54) is 4.90 Å². The largest absolute Gasteiger partial charge is 0.497 e. The van der Waals surface area contributed by atoms with Crippen LogP contribution in [0.25, 0.3) is 0 Å². The number of nitrogens with zero attached hydrogens (tertiary/aromatic N) is 1. The second-order valence-electron chi connectivity index (χ2n) is 5.83. The fourth-order valence-electron chi connectivity index (χ4n) is 3.93. The van der Waals surface area contributed by atoms with Crippen LogP contribution in [-0.4, -0.2) is 18.9 Å². The molecule has 2 amide bonds. The molecule has 108 valence electrons. The summed E-state index contributed by atoms with van der Waals surface area (Å²) < 4.78 is 5.93. The summed E-state index contributed by atoms with van der Waals surface area (Å²) in [5, 5.41) is 0. The molecule has 1 aromatic rings. The van der Waals surface area contributed by atoms with E-state index in [1.54, 1.807) is 25.3 Å². The molecule has 0 N–H and O–H groups in total. The zero-order chi connectivity index (χ0) is 14.7. The predicted molar refractivity (Wildman–Crippen MR) is 80.9 cm³/mol. The normalized spacial score (nSPS) is 33.0. The average molecular weight is 348 g/mol. The van der Waals surface area contributed by atoms with Crippen molar-refractivity contribution >= 4 is 33.4 Å². The van der Waals surface area contributed by atoms with E-state index in [1.807, 2.05) is 0 Å². The van der Waals surface area contributed by atoms with Gasteiger partial charge in [-0.3, -0.25) is 9.59 Å². The van der Waals surface area contributed by atoms with Gasteiger partial charge in [0.25, 0.3) is 0 Å². The van der Waals surface area contributed by atoms with Crippen LogP contribution < -0.4 is 9.64 Å². The monoisotopic (exact) mass is 347 g/mol. The molecule has 5 heteroatoms. The van der Waals surface area contributed by atoms with Gasteiger partial charge in [-0.05, 0) is 46.3 Å². The van der Waals surface area contributed by atoms with Crippen LogP contribution in [0, 0.1) is 23.7 Å². The van der Waals surface area contributed by atoms with Gasteiger partial charge in [0.2, 0.25) is 11.8 Å². The Kier molecular flexibility index (Phi) is 2.76. The number of benzene rings is 1. The predicted octanol–water partition coefficient (Wildman–Crippen LogP) is 2.77. The van der Waals surface area contributed by atoms with Gasteiger partial charge in [0.1, 0.15) is 5.75 Å². The Morgan fingerprint density at radius 3 is 2.33 bits per heavy atom. The summed E-state index contributed by atoms with van der Waals surface area (Å²) in [7, 11) is 1.57. The van der Waals surface area contributed by atoms with E-state index in [4.69, 9.17) is 4.74 Å². The zero-order valence-electron chi connectivity index (χ0n) is 11.5. The minimum atomic E-state index is -0.175. The molecule has 1 saturated carbocycles. The average Bonchev–Trinajstić information content (AvgIpc) is 3.15. The first-order valence-corrected chi connectivity index (χ1v) is 7.81. The summed E-state index contributed by atoms with van der Waals surface area (Å²) in [5.74, 6) is 0.589. The summed E-state index contributed by atoms with van der Waals surface area (Å²) in [5.41, 5.74) is 0.582. The van der Waals surface area contributed by atoms with Gasteiger partial charge in [-0.25, -0.2) is 4.90 Å². The third kappa shape index (κ3) is 1.67. The van der Waals surface area contributed by atoms with Gasteiger partial charge >= 0.3 is 0 Å². The smallest absolute Gasteiger partial charge is 0.238 e. The van der Waals surface area contributed by atoms with Gasteiger partial charge in [0.05, 0.1) is 24.6 Å². The van der Waals surface area contributed by atoms with Crippen molar-refractivity contribution in [1.82, 2.24) is 0 Å². The molecule has 0 radical (unpaired) electrons. The number of carbonyl (C=O) groups is 2. The number of methoxy groups -OCH3 is 1. The first kappa shape index (κ1) is 13.1. The zero-order valence-corrected chi connectivity index (χ0v) is 13.0. The van der Waals surface area contributed by atoms with Crippen molar-refractivity contribution < 1.29 is 14.3 Å². The molecule has 0 aromatic heterocycles. The standard InChI is InChI=1S/C16H14BrNO3/c1-21-10-4-5-11(17)12(7-10)18-15(19)13-8-2-3-9(6-8)14(13)16(18)20/h2-5,7-9,13-14H,6H2,1H3. The van der Waals surface area contributed by atoms with Crippen LogP contribution in [0.5, 0.6) is 5.75 Å². The SMILES string of the molecule is COc1ccc(Br)c(N2C(=O)C3C4C=CC(C4)C3C2=O)c1. The summed E-state index contributed by atoms with van der Waals surface area (Å²) in [6.45, 7) is 0. The minimum Gasteiger partial charge on any atom is -0.497 e. The molecule has 4 unspecified atom stereocenters. The first-order chi connectivity index (χ1) is 10.1. The topological polar surface area (TPSA) is 46.6 Å². The molecule has 2 fully saturated rings. The van der Waals surface area contributed by atoms with Crippen LogP contribution in [0.4, 0.5) is 5.69 Å². The Morgan fingerprint density at radius 1 is 1.14 bits per heavy atom. The first-order valence-electron chi connectivity index (χ1n) is 7.01. The Bertz CT molecular complexity index is 654. The van der Waals surface area contributed by atoms with Crippen molar-refractivity contribution in [2.24, 2.45) is 23.7 Å². The second-order valence-corrected chi connectivity index (χ2v) is 6.68. The lowest BCUT2D eigenvalue weighted by atomic mass is 9.85. The quantitative estimate of drug-likeness (QED) is 0.610. The summed E-state index contributed by atoms with van der Waals surface area (Å²) in [4.78, 5) is 26.8. The van der Waals surface area contributed by atoms with Crippen LogP contribution in [0.15, 0.2) is 34.8 Å². The van der Waals surface area contributed by atoms with Crippen LogP contribution in [0.2, 0.25) is 0 Å². The van der Waals surface area contributed by atoms with Crippen LogP contribution in [-0.2, 0) is 9.59 Å². The van der Waals surface area contributed by atoms with Crippen molar-refractivity contribution in [2.75, 3.05) is 12.0 Å². The van der Waals surface area contributed by atoms with Crippen LogP contribution in [0.3, 0.4) is 0 Å². The molecule has 2 aliphatic carbocycles. The number of anilines is 1. The van der Waals surface area contributed by atoms with Gasteiger partial charge in [0.15, 0.2) is 0 Å². The lowest BCUT2D eigenvalue weighted by molar-refractivity contribution is -0.123. The molecule has 3 aliphatic rings. The molecular formula is C16H14BrNO3. The summed E-state index contributed by atoms with van der Waals surface area (Å²) >= 11 is 3.43.